The molecule has 1 aliphatic carbocycles. The second-order valence-electron chi connectivity index (χ2n) is 11.0. The Hall–Kier alpha value is -2.36. The summed E-state index contributed by atoms with van der Waals surface area (Å²) in [6.07, 6.45) is 3.93. The average Bonchev–Trinajstić information content (AvgIpc) is 3.23. The van der Waals surface area contributed by atoms with Gasteiger partial charge in [-0.1, -0.05) is 30.3 Å². The molecule has 2 aromatic rings. The van der Waals surface area contributed by atoms with E-state index < -0.39 is 29.1 Å². The number of hydrogen-bond acceptors (Lipinski definition) is 7. The van der Waals surface area contributed by atoms with Gasteiger partial charge >= 0.3 is 0 Å². The molecule has 8 heteroatoms. The van der Waals surface area contributed by atoms with E-state index in [2.05, 4.69) is 4.90 Å². The standard InChI is InChI=1S/C30H41FN2O5/c1-21-9-3-4-12-26(21)38-27-13-7-11-23(28(27)31)30(36,14-5-6-16-37-2)22-10-8-15-33(19-22)29(20-34)17-24(32)25(35)18-29/h3-4,7,9,11-13,20,22,24-25,35-36H,5-6,8,10,14-19,32H2,1-2H3/t22-,24-,25+,29+,30+/m1/s1. The van der Waals surface area contributed by atoms with Crippen molar-refractivity contribution in [3.05, 3.63) is 59.4 Å². The average molecular weight is 529 g/mol. The third-order valence-electron chi connectivity index (χ3n) is 8.49. The third-order valence-corrected chi connectivity index (χ3v) is 8.49. The number of piperidine rings is 1. The number of benzene rings is 2. The number of aliphatic hydroxyl groups excluding tert-OH is 1. The predicted molar refractivity (Wildman–Crippen MR) is 144 cm³/mol. The number of aldehydes is 1. The van der Waals surface area contributed by atoms with Crippen LogP contribution in [0.15, 0.2) is 42.5 Å². The van der Waals surface area contributed by atoms with E-state index >= 15 is 4.39 Å². The number of ether oxygens (including phenoxy) is 2. The van der Waals surface area contributed by atoms with E-state index in [-0.39, 0.29) is 23.7 Å². The lowest BCUT2D eigenvalue weighted by Crippen LogP contribution is -2.56. The van der Waals surface area contributed by atoms with Crippen molar-refractivity contribution in [3.8, 4) is 11.5 Å². The Morgan fingerprint density at radius 2 is 1.95 bits per heavy atom. The van der Waals surface area contributed by atoms with E-state index in [9.17, 15) is 15.0 Å². The molecule has 5 atom stereocenters. The molecule has 2 aliphatic rings. The Kier molecular flexibility index (Phi) is 9.21. The number of aliphatic hydroxyl groups is 2. The van der Waals surface area contributed by atoms with Gasteiger partial charge in [0.1, 0.15) is 12.0 Å². The Labute approximate surface area is 224 Å². The maximum absolute atomic E-state index is 16.1. The first-order chi connectivity index (χ1) is 18.2. The van der Waals surface area contributed by atoms with Gasteiger partial charge in [0.15, 0.2) is 11.6 Å². The number of para-hydroxylation sites is 1. The molecule has 0 spiro atoms. The van der Waals surface area contributed by atoms with Gasteiger partial charge in [-0.25, -0.2) is 4.39 Å². The van der Waals surface area contributed by atoms with Crippen molar-refractivity contribution in [2.24, 2.45) is 11.7 Å². The molecule has 2 fully saturated rings. The van der Waals surface area contributed by atoms with Gasteiger partial charge in [0.05, 0.1) is 17.2 Å². The number of halogens is 1. The van der Waals surface area contributed by atoms with Gasteiger partial charge < -0.3 is 30.2 Å². The molecule has 1 heterocycles. The highest BCUT2D eigenvalue weighted by Gasteiger charge is 2.51. The Morgan fingerprint density at radius 3 is 2.63 bits per heavy atom. The summed E-state index contributed by atoms with van der Waals surface area (Å²) in [6.45, 7) is 3.51. The molecule has 0 aromatic heterocycles. The van der Waals surface area contributed by atoms with Gasteiger partial charge in [-0.3, -0.25) is 4.90 Å². The zero-order valence-electron chi connectivity index (χ0n) is 22.4. The number of nitrogens with zero attached hydrogens (tertiary/aromatic N) is 1. The van der Waals surface area contributed by atoms with Crippen molar-refractivity contribution in [2.45, 2.75) is 75.2 Å². The highest BCUT2D eigenvalue weighted by atomic mass is 19.1. The molecule has 0 unspecified atom stereocenters. The van der Waals surface area contributed by atoms with Crippen molar-refractivity contribution >= 4 is 6.29 Å². The largest absolute Gasteiger partial charge is 0.454 e. The number of nitrogens with two attached hydrogens (primary N) is 1. The topological polar surface area (TPSA) is 105 Å². The fraction of sp³-hybridized carbons (Fsp3) is 0.567. The van der Waals surface area contributed by atoms with Crippen molar-refractivity contribution in [3.63, 3.8) is 0 Å². The highest BCUT2D eigenvalue weighted by molar-refractivity contribution is 5.65. The second-order valence-corrected chi connectivity index (χ2v) is 11.0. The van der Waals surface area contributed by atoms with Crippen molar-refractivity contribution in [1.82, 2.24) is 4.90 Å². The van der Waals surface area contributed by atoms with Gasteiger partial charge in [-0.05, 0) is 69.7 Å². The maximum atomic E-state index is 16.1. The van der Waals surface area contributed by atoms with Crippen molar-refractivity contribution in [2.75, 3.05) is 26.8 Å². The summed E-state index contributed by atoms with van der Waals surface area (Å²) in [7, 11) is 1.64. The summed E-state index contributed by atoms with van der Waals surface area (Å²) in [6, 6.07) is 11.9. The first kappa shape index (κ1) is 28.6. The smallest absolute Gasteiger partial charge is 0.171 e. The van der Waals surface area contributed by atoms with Crippen LogP contribution in [0.3, 0.4) is 0 Å². The fourth-order valence-corrected chi connectivity index (χ4v) is 6.25. The number of hydrogen-bond donors (Lipinski definition) is 3. The first-order valence-electron chi connectivity index (χ1n) is 13.6. The number of methoxy groups -OCH3 is 1. The zero-order valence-corrected chi connectivity index (χ0v) is 22.4. The lowest BCUT2D eigenvalue weighted by atomic mass is 9.73. The molecular weight excluding hydrogens is 487 g/mol. The molecule has 1 saturated carbocycles. The van der Waals surface area contributed by atoms with Gasteiger partial charge in [0.2, 0.25) is 0 Å². The quantitative estimate of drug-likeness (QED) is 0.298. The minimum absolute atomic E-state index is 0.0639. The Balaban J connectivity index is 1.66. The molecule has 0 bridgehead atoms. The van der Waals surface area contributed by atoms with E-state index in [0.29, 0.717) is 51.1 Å². The molecule has 208 valence electrons. The number of carbonyl (C=O) groups excluding carboxylic acids is 1. The lowest BCUT2D eigenvalue weighted by molar-refractivity contribution is -0.125. The van der Waals surface area contributed by atoms with Gasteiger partial charge in [-0.15, -0.1) is 0 Å². The van der Waals surface area contributed by atoms with Crippen LogP contribution >= 0.6 is 0 Å². The Morgan fingerprint density at radius 1 is 1.18 bits per heavy atom. The third kappa shape index (κ3) is 5.80. The number of rotatable bonds is 11. The molecule has 0 radical (unpaired) electrons. The lowest BCUT2D eigenvalue weighted by Gasteiger charge is -2.47. The molecule has 1 saturated heterocycles. The predicted octanol–water partition coefficient (Wildman–Crippen LogP) is 4.06. The molecule has 4 N–H and O–H groups in total. The number of unbranched alkanes of at least 4 members (excludes halogenated alkanes) is 1. The van der Waals surface area contributed by atoms with Crippen LogP contribution in [-0.4, -0.2) is 65.9 Å². The summed E-state index contributed by atoms with van der Waals surface area (Å²) >= 11 is 0. The molecular formula is C30H41FN2O5. The Bertz CT molecular complexity index is 1090. The summed E-state index contributed by atoms with van der Waals surface area (Å²) < 4.78 is 27.3. The number of likely N-dealkylation sites (tertiary alicyclic amines) is 1. The van der Waals surface area contributed by atoms with Crippen LogP contribution in [0.5, 0.6) is 11.5 Å². The van der Waals surface area contributed by atoms with E-state index in [1.165, 1.54) is 0 Å². The van der Waals surface area contributed by atoms with Gasteiger partial charge in [0, 0.05) is 44.2 Å². The van der Waals surface area contributed by atoms with E-state index in [1.54, 1.807) is 31.4 Å². The van der Waals surface area contributed by atoms with Crippen LogP contribution in [0.1, 0.15) is 56.1 Å². The molecule has 7 nitrogen and oxygen atoms in total. The minimum atomic E-state index is -1.48. The fourth-order valence-electron chi connectivity index (χ4n) is 6.25. The normalized spacial score (nSPS) is 27.7. The van der Waals surface area contributed by atoms with E-state index in [4.69, 9.17) is 15.2 Å². The first-order valence-corrected chi connectivity index (χ1v) is 13.6. The van der Waals surface area contributed by atoms with Crippen LogP contribution in [0.4, 0.5) is 4.39 Å². The van der Waals surface area contributed by atoms with Crippen LogP contribution in [-0.2, 0) is 15.1 Å². The van der Waals surface area contributed by atoms with E-state index in [1.807, 2.05) is 25.1 Å². The van der Waals surface area contributed by atoms with Crippen LogP contribution in [0, 0.1) is 18.7 Å². The SMILES string of the molecule is COCCCC[C@@](O)(c1cccc(Oc2ccccc2C)c1F)[C@@H]1CCCN([C@@]2(C=O)C[C@@H](N)[C@@H](O)C2)C1. The molecule has 0 amide bonds. The maximum Gasteiger partial charge on any atom is 0.171 e. The van der Waals surface area contributed by atoms with Crippen molar-refractivity contribution in [1.29, 1.82) is 0 Å². The minimum Gasteiger partial charge on any atom is -0.454 e. The molecule has 2 aromatic carbocycles. The van der Waals surface area contributed by atoms with Crippen molar-refractivity contribution < 1.29 is 28.9 Å². The molecule has 38 heavy (non-hydrogen) atoms. The van der Waals surface area contributed by atoms with Crippen LogP contribution in [0.2, 0.25) is 0 Å². The zero-order chi connectivity index (χ0) is 27.3. The van der Waals surface area contributed by atoms with Gasteiger partial charge in [0.25, 0.3) is 0 Å². The monoisotopic (exact) mass is 528 g/mol. The highest BCUT2D eigenvalue weighted by Crippen LogP contribution is 2.45. The molecule has 1 aliphatic heterocycles. The summed E-state index contributed by atoms with van der Waals surface area (Å²) in [5.74, 6) is -0.285. The summed E-state index contributed by atoms with van der Waals surface area (Å²) in [4.78, 5) is 14.4. The van der Waals surface area contributed by atoms with Gasteiger partial charge in [-0.2, -0.15) is 0 Å². The second kappa shape index (κ2) is 12.2. The molecule has 4 rings (SSSR count). The van der Waals surface area contributed by atoms with Crippen LogP contribution in [0.25, 0.3) is 0 Å². The summed E-state index contributed by atoms with van der Waals surface area (Å²) in [5, 5.41) is 22.7. The van der Waals surface area contributed by atoms with E-state index in [0.717, 1.165) is 24.7 Å². The summed E-state index contributed by atoms with van der Waals surface area (Å²) in [5.41, 5.74) is 4.82. The van der Waals surface area contributed by atoms with Crippen LogP contribution < -0.4 is 10.5 Å². The number of carbonyl (C=O) groups is 1. The number of aryl methyl sites for hydroxylation is 1.